The van der Waals surface area contributed by atoms with E-state index < -0.39 is 0 Å². The number of nitrogens with zero attached hydrogens (tertiary/aromatic N) is 3. The molecule has 1 aliphatic carbocycles. The zero-order chi connectivity index (χ0) is 16.5. The van der Waals surface area contributed by atoms with Crippen LogP contribution in [0.3, 0.4) is 0 Å². The maximum atomic E-state index is 4.87. The maximum Gasteiger partial charge on any atom is 0.130 e. The van der Waals surface area contributed by atoms with Gasteiger partial charge in [-0.2, -0.15) is 5.10 Å². The molecule has 4 heteroatoms. The smallest absolute Gasteiger partial charge is 0.130 e. The molecular formula is C20H22N4. The molecule has 24 heavy (non-hydrogen) atoms. The largest absolute Gasteiger partial charge is 0.366 e. The van der Waals surface area contributed by atoms with Gasteiger partial charge >= 0.3 is 0 Å². The van der Waals surface area contributed by atoms with Crippen LogP contribution in [-0.4, -0.2) is 14.8 Å². The van der Waals surface area contributed by atoms with Crippen molar-refractivity contribution in [3.05, 3.63) is 71.7 Å². The van der Waals surface area contributed by atoms with Crippen LogP contribution in [0.4, 0.5) is 5.82 Å². The Morgan fingerprint density at radius 1 is 1.17 bits per heavy atom. The molecule has 122 valence electrons. The van der Waals surface area contributed by atoms with Crippen molar-refractivity contribution < 1.29 is 0 Å². The lowest BCUT2D eigenvalue weighted by molar-refractivity contribution is 0.810. The summed E-state index contributed by atoms with van der Waals surface area (Å²) in [6.07, 6.45) is 3.08. The second kappa shape index (κ2) is 6.11. The second-order valence-electron chi connectivity index (χ2n) is 6.62. The molecule has 0 amide bonds. The zero-order valence-electron chi connectivity index (χ0n) is 14.1. The molecular weight excluding hydrogens is 296 g/mol. The highest BCUT2D eigenvalue weighted by Gasteiger charge is 2.36. The van der Waals surface area contributed by atoms with E-state index in [0.29, 0.717) is 5.92 Å². The van der Waals surface area contributed by atoms with E-state index in [1.807, 2.05) is 42.1 Å². The lowest BCUT2D eigenvalue weighted by Crippen LogP contribution is -2.07. The third-order valence-corrected chi connectivity index (χ3v) is 4.79. The highest BCUT2D eigenvalue weighted by atomic mass is 15.3. The van der Waals surface area contributed by atoms with Crippen molar-refractivity contribution in [2.24, 2.45) is 5.92 Å². The standard InChI is InChI=1S/C20H22N4/c1-14-11-18(14)19-12-20(22-13-16-7-6-10-21-15(16)2)24(23-19)17-8-4-3-5-9-17/h3-10,12,14,18,22H,11,13H2,1-2H3/t14-,18-/m1/s1. The number of pyridine rings is 1. The number of para-hydroxylation sites is 1. The van der Waals surface area contributed by atoms with Gasteiger partial charge in [-0.1, -0.05) is 31.2 Å². The van der Waals surface area contributed by atoms with Crippen LogP contribution in [0.5, 0.6) is 0 Å². The third kappa shape index (κ3) is 2.92. The predicted molar refractivity (Wildman–Crippen MR) is 96.4 cm³/mol. The van der Waals surface area contributed by atoms with Crippen LogP contribution in [-0.2, 0) is 6.54 Å². The van der Waals surface area contributed by atoms with Crippen LogP contribution < -0.4 is 5.32 Å². The minimum Gasteiger partial charge on any atom is -0.366 e. The molecule has 4 rings (SSSR count). The van der Waals surface area contributed by atoms with Crippen molar-refractivity contribution in [2.75, 3.05) is 5.32 Å². The van der Waals surface area contributed by atoms with Crippen LogP contribution in [0, 0.1) is 12.8 Å². The first kappa shape index (κ1) is 14.9. The van der Waals surface area contributed by atoms with E-state index in [9.17, 15) is 0 Å². The van der Waals surface area contributed by atoms with Gasteiger partial charge in [-0.3, -0.25) is 4.98 Å². The number of aryl methyl sites for hydroxylation is 1. The quantitative estimate of drug-likeness (QED) is 0.762. The van der Waals surface area contributed by atoms with Gasteiger partial charge in [0.2, 0.25) is 0 Å². The van der Waals surface area contributed by atoms with Crippen molar-refractivity contribution in [1.82, 2.24) is 14.8 Å². The molecule has 3 aromatic rings. The minimum absolute atomic E-state index is 0.607. The Balaban J connectivity index is 1.63. The fourth-order valence-electron chi connectivity index (χ4n) is 3.10. The molecule has 0 aliphatic heterocycles. The van der Waals surface area contributed by atoms with E-state index in [2.05, 4.69) is 41.5 Å². The van der Waals surface area contributed by atoms with Gasteiger partial charge in [-0.05, 0) is 43.0 Å². The van der Waals surface area contributed by atoms with Gasteiger partial charge in [0.1, 0.15) is 5.82 Å². The molecule has 1 aromatic carbocycles. The molecule has 0 bridgehead atoms. The molecule has 0 unspecified atom stereocenters. The lowest BCUT2D eigenvalue weighted by atomic mass is 10.2. The fourth-order valence-corrected chi connectivity index (χ4v) is 3.10. The molecule has 2 atom stereocenters. The van der Waals surface area contributed by atoms with Gasteiger partial charge in [-0.25, -0.2) is 4.68 Å². The Morgan fingerprint density at radius 3 is 2.67 bits per heavy atom. The summed E-state index contributed by atoms with van der Waals surface area (Å²) >= 11 is 0. The number of rotatable bonds is 5. The number of hydrogen-bond acceptors (Lipinski definition) is 3. The summed E-state index contributed by atoms with van der Waals surface area (Å²) < 4.78 is 2.02. The normalized spacial score (nSPS) is 19.2. The summed E-state index contributed by atoms with van der Waals surface area (Å²) in [5, 5.41) is 8.41. The van der Waals surface area contributed by atoms with Crippen molar-refractivity contribution in [3.63, 3.8) is 0 Å². The summed E-state index contributed by atoms with van der Waals surface area (Å²) in [5.41, 5.74) is 4.55. The summed E-state index contributed by atoms with van der Waals surface area (Å²) in [6.45, 7) is 5.08. The Bertz CT molecular complexity index is 838. The summed E-state index contributed by atoms with van der Waals surface area (Å²) in [5.74, 6) is 2.40. The van der Waals surface area contributed by atoms with Gasteiger partial charge in [0.15, 0.2) is 0 Å². The summed E-state index contributed by atoms with van der Waals surface area (Å²) in [7, 11) is 0. The summed E-state index contributed by atoms with van der Waals surface area (Å²) in [4.78, 5) is 4.36. The molecule has 0 radical (unpaired) electrons. The topological polar surface area (TPSA) is 42.7 Å². The maximum absolute atomic E-state index is 4.87. The van der Waals surface area contributed by atoms with Gasteiger partial charge in [0.05, 0.1) is 11.4 Å². The molecule has 0 spiro atoms. The average molecular weight is 318 g/mol. The Labute approximate surface area is 142 Å². The molecule has 2 heterocycles. The Hall–Kier alpha value is -2.62. The molecule has 2 aromatic heterocycles. The summed E-state index contributed by atoms with van der Waals surface area (Å²) in [6, 6.07) is 16.6. The molecule has 4 nitrogen and oxygen atoms in total. The van der Waals surface area contributed by atoms with Gasteiger partial charge in [0.25, 0.3) is 0 Å². The molecule has 0 saturated heterocycles. The predicted octanol–water partition coefficient (Wildman–Crippen LogP) is 4.31. The number of benzene rings is 1. The SMILES string of the molecule is Cc1ncccc1CNc1cc([C@@H]2C[C@H]2C)nn1-c1ccccc1. The van der Waals surface area contributed by atoms with Gasteiger partial charge < -0.3 is 5.32 Å². The van der Waals surface area contributed by atoms with Crippen LogP contribution in [0.2, 0.25) is 0 Å². The first-order chi connectivity index (χ1) is 11.7. The molecule has 1 fully saturated rings. The van der Waals surface area contributed by atoms with Crippen LogP contribution in [0.15, 0.2) is 54.7 Å². The second-order valence-corrected chi connectivity index (χ2v) is 6.62. The fraction of sp³-hybridized carbons (Fsp3) is 0.300. The van der Waals surface area contributed by atoms with Crippen LogP contribution in [0.25, 0.3) is 5.69 Å². The lowest BCUT2D eigenvalue weighted by Gasteiger charge is -2.10. The van der Waals surface area contributed by atoms with E-state index in [4.69, 9.17) is 5.10 Å². The van der Waals surface area contributed by atoms with Crippen molar-refractivity contribution in [3.8, 4) is 5.69 Å². The monoisotopic (exact) mass is 318 g/mol. The number of anilines is 1. The zero-order valence-corrected chi connectivity index (χ0v) is 14.1. The Morgan fingerprint density at radius 2 is 1.96 bits per heavy atom. The van der Waals surface area contributed by atoms with E-state index in [-0.39, 0.29) is 0 Å². The third-order valence-electron chi connectivity index (χ3n) is 4.79. The molecule has 1 saturated carbocycles. The van der Waals surface area contributed by atoms with Crippen LogP contribution in [0.1, 0.15) is 36.2 Å². The van der Waals surface area contributed by atoms with E-state index >= 15 is 0 Å². The highest BCUT2D eigenvalue weighted by molar-refractivity contribution is 5.48. The van der Waals surface area contributed by atoms with Gasteiger partial charge in [-0.15, -0.1) is 0 Å². The van der Waals surface area contributed by atoms with Crippen molar-refractivity contribution in [1.29, 1.82) is 0 Å². The first-order valence-corrected chi connectivity index (χ1v) is 8.52. The number of nitrogens with one attached hydrogen (secondary N) is 1. The van der Waals surface area contributed by atoms with Gasteiger partial charge in [0, 0.05) is 30.4 Å². The first-order valence-electron chi connectivity index (χ1n) is 8.52. The average Bonchev–Trinajstić information content (AvgIpc) is 3.19. The van der Waals surface area contributed by atoms with E-state index in [1.54, 1.807) is 0 Å². The van der Waals surface area contributed by atoms with Crippen molar-refractivity contribution >= 4 is 5.82 Å². The molecule has 1 aliphatic rings. The Kier molecular flexibility index (Phi) is 3.81. The molecule has 1 N–H and O–H groups in total. The van der Waals surface area contributed by atoms with E-state index in [1.165, 1.54) is 17.7 Å². The number of aromatic nitrogens is 3. The minimum atomic E-state index is 0.607. The highest BCUT2D eigenvalue weighted by Crippen LogP contribution is 2.47. The van der Waals surface area contributed by atoms with Crippen LogP contribution >= 0.6 is 0 Å². The number of hydrogen-bond donors (Lipinski definition) is 1. The van der Waals surface area contributed by atoms with E-state index in [0.717, 1.165) is 29.7 Å². The van der Waals surface area contributed by atoms with Crippen molar-refractivity contribution in [2.45, 2.75) is 32.7 Å².